The van der Waals surface area contributed by atoms with Crippen LogP contribution in [0, 0.1) is 11.8 Å². The van der Waals surface area contributed by atoms with E-state index in [1.165, 1.54) is 11.3 Å². The highest BCUT2D eigenvalue weighted by atomic mass is 79.9. The lowest BCUT2D eigenvalue weighted by atomic mass is 10.3. The van der Waals surface area contributed by atoms with Gasteiger partial charge in [0.1, 0.15) is 0 Å². The zero-order valence-corrected chi connectivity index (χ0v) is 13.1. The molecule has 0 aliphatic rings. The summed E-state index contributed by atoms with van der Waals surface area (Å²) < 4.78 is 1.04. The van der Waals surface area contributed by atoms with Crippen molar-refractivity contribution in [2.24, 2.45) is 5.73 Å². The molecule has 0 aliphatic carbocycles. The molecular weight excluding hydrogens is 344 g/mol. The molecule has 0 spiro atoms. The fourth-order valence-electron chi connectivity index (χ4n) is 1.37. The fourth-order valence-corrected chi connectivity index (χ4v) is 3.52. The number of rotatable bonds is 3. The highest BCUT2D eigenvalue weighted by Gasteiger charge is 2.08. The molecule has 0 aromatic carbocycles. The highest BCUT2D eigenvalue weighted by Crippen LogP contribution is 2.19. The molecule has 0 bridgehead atoms. The van der Waals surface area contributed by atoms with E-state index in [-0.39, 0.29) is 5.91 Å². The Bertz CT molecular complexity index is 636. The number of amides is 1. The number of carbonyl (C=O) groups excluding carboxylic acids is 1. The van der Waals surface area contributed by atoms with Crippen molar-refractivity contribution in [1.29, 1.82) is 0 Å². The van der Waals surface area contributed by atoms with Crippen LogP contribution in [0.2, 0.25) is 0 Å². The Kier molecular flexibility index (Phi) is 5.16. The first kappa shape index (κ1) is 14.3. The van der Waals surface area contributed by atoms with Gasteiger partial charge in [0.05, 0.1) is 23.5 Å². The Labute approximate surface area is 128 Å². The van der Waals surface area contributed by atoms with Gasteiger partial charge in [-0.15, -0.1) is 22.7 Å². The Morgan fingerprint density at radius 2 is 2.21 bits per heavy atom. The smallest absolute Gasteiger partial charge is 0.252 e. The van der Waals surface area contributed by atoms with Gasteiger partial charge in [0.15, 0.2) is 0 Å². The van der Waals surface area contributed by atoms with Crippen molar-refractivity contribution in [1.82, 2.24) is 5.32 Å². The van der Waals surface area contributed by atoms with E-state index in [0.29, 0.717) is 18.7 Å². The summed E-state index contributed by atoms with van der Waals surface area (Å²) >= 11 is 6.44. The Morgan fingerprint density at radius 1 is 1.37 bits per heavy atom. The van der Waals surface area contributed by atoms with Crippen LogP contribution in [0.3, 0.4) is 0 Å². The van der Waals surface area contributed by atoms with Crippen LogP contribution in [-0.4, -0.2) is 12.5 Å². The number of nitrogens with one attached hydrogen (secondary N) is 1. The summed E-state index contributed by atoms with van der Waals surface area (Å²) in [5.74, 6) is 5.60. The number of hydrogen-bond acceptors (Lipinski definition) is 4. The summed E-state index contributed by atoms with van der Waals surface area (Å²) in [6.45, 7) is 0.863. The third-order valence-corrected chi connectivity index (χ3v) is 4.76. The molecule has 3 nitrogen and oxygen atoms in total. The molecule has 98 valence electrons. The summed E-state index contributed by atoms with van der Waals surface area (Å²) in [6.07, 6.45) is 0. The van der Waals surface area contributed by atoms with Gasteiger partial charge in [-0.1, -0.05) is 11.8 Å². The Balaban J connectivity index is 1.94. The standard InChI is InChI=1S/C13H11BrN2OS2/c14-10-5-12(19-8-10)6-16-13(17)9-4-11(18-7-9)2-1-3-15/h4-5,7-8H,3,6,15H2,(H,16,17). The topological polar surface area (TPSA) is 55.1 Å². The van der Waals surface area contributed by atoms with E-state index in [2.05, 4.69) is 33.1 Å². The molecule has 3 N–H and O–H groups in total. The van der Waals surface area contributed by atoms with Crippen LogP contribution < -0.4 is 11.1 Å². The van der Waals surface area contributed by atoms with Crippen LogP contribution >= 0.6 is 38.6 Å². The molecule has 0 radical (unpaired) electrons. The minimum atomic E-state index is -0.0819. The van der Waals surface area contributed by atoms with Crippen LogP contribution in [-0.2, 0) is 6.54 Å². The zero-order chi connectivity index (χ0) is 13.7. The fraction of sp³-hybridized carbons (Fsp3) is 0.154. The molecule has 1 amide bonds. The van der Waals surface area contributed by atoms with Crippen LogP contribution in [0.15, 0.2) is 27.4 Å². The van der Waals surface area contributed by atoms with E-state index < -0.39 is 0 Å². The largest absolute Gasteiger partial charge is 0.347 e. The second-order valence-corrected chi connectivity index (χ2v) is 6.44. The van der Waals surface area contributed by atoms with E-state index in [4.69, 9.17) is 5.73 Å². The normalized spacial score (nSPS) is 9.79. The summed E-state index contributed by atoms with van der Waals surface area (Å²) in [5.41, 5.74) is 5.95. The van der Waals surface area contributed by atoms with E-state index in [1.807, 2.05) is 11.4 Å². The van der Waals surface area contributed by atoms with Crippen molar-refractivity contribution >= 4 is 44.5 Å². The first-order chi connectivity index (χ1) is 9.19. The van der Waals surface area contributed by atoms with Crippen molar-refractivity contribution in [2.75, 3.05) is 6.54 Å². The quantitative estimate of drug-likeness (QED) is 0.832. The molecule has 0 aliphatic heterocycles. The third-order valence-electron chi connectivity index (χ3n) is 2.22. The summed E-state index contributed by atoms with van der Waals surface area (Å²) in [5, 5.41) is 6.68. The number of nitrogens with two attached hydrogens (primary N) is 1. The first-order valence-corrected chi connectivity index (χ1v) is 8.03. The third kappa shape index (κ3) is 4.18. The lowest BCUT2D eigenvalue weighted by molar-refractivity contribution is 0.0952. The molecule has 0 unspecified atom stereocenters. The second kappa shape index (κ2) is 6.87. The molecule has 2 aromatic heterocycles. The number of halogens is 1. The molecular formula is C13H11BrN2OS2. The lowest BCUT2D eigenvalue weighted by Crippen LogP contribution is -2.21. The van der Waals surface area contributed by atoms with E-state index in [0.717, 1.165) is 14.2 Å². The van der Waals surface area contributed by atoms with Crippen LogP contribution in [0.25, 0.3) is 0 Å². The summed E-state index contributed by atoms with van der Waals surface area (Å²) in [6, 6.07) is 3.78. The van der Waals surface area contributed by atoms with Gasteiger partial charge in [-0.05, 0) is 28.1 Å². The van der Waals surface area contributed by atoms with Crippen LogP contribution in [0.4, 0.5) is 0 Å². The molecule has 2 aromatic rings. The molecule has 0 fully saturated rings. The number of hydrogen-bond donors (Lipinski definition) is 2. The lowest BCUT2D eigenvalue weighted by Gasteiger charge is -2.00. The van der Waals surface area contributed by atoms with E-state index in [1.54, 1.807) is 22.8 Å². The van der Waals surface area contributed by atoms with Crippen molar-refractivity contribution in [3.8, 4) is 11.8 Å². The van der Waals surface area contributed by atoms with Crippen LogP contribution in [0.5, 0.6) is 0 Å². The Hall–Kier alpha value is -1.13. The zero-order valence-electron chi connectivity index (χ0n) is 9.90. The minimum absolute atomic E-state index is 0.0819. The van der Waals surface area contributed by atoms with Crippen LogP contribution in [0.1, 0.15) is 20.1 Å². The molecule has 0 saturated carbocycles. The molecule has 6 heteroatoms. The second-order valence-electron chi connectivity index (χ2n) is 3.62. The Morgan fingerprint density at radius 3 is 2.89 bits per heavy atom. The SMILES string of the molecule is NCC#Cc1cc(C(=O)NCc2cc(Br)cs2)cs1. The van der Waals surface area contributed by atoms with Gasteiger partial charge in [-0.3, -0.25) is 4.79 Å². The average molecular weight is 355 g/mol. The van der Waals surface area contributed by atoms with Gasteiger partial charge < -0.3 is 11.1 Å². The molecule has 19 heavy (non-hydrogen) atoms. The molecule has 0 atom stereocenters. The maximum Gasteiger partial charge on any atom is 0.252 e. The maximum atomic E-state index is 11.9. The summed E-state index contributed by atoms with van der Waals surface area (Å²) in [4.78, 5) is 13.9. The van der Waals surface area contributed by atoms with Gasteiger partial charge in [0.2, 0.25) is 0 Å². The molecule has 0 saturated heterocycles. The van der Waals surface area contributed by atoms with E-state index >= 15 is 0 Å². The van der Waals surface area contributed by atoms with Gasteiger partial charge >= 0.3 is 0 Å². The monoisotopic (exact) mass is 354 g/mol. The highest BCUT2D eigenvalue weighted by molar-refractivity contribution is 9.10. The molecule has 2 rings (SSSR count). The predicted molar refractivity (Wildman–Crippen MR) is 83.4 cm³/mol. The van der Waals surface area contributed by atoms with E-state index in [9.17, 15) is 4.79 Å². The predicted octanol–water partition coefficient (Wildman–Crippen LogP) is 2.81. The van der Waals surface area contributed by atoms with Gasteiger partial charge in [-0.2, -0.15) is 0 Å². The van der Waals surface area contributed by atoms with Gasteiger partial charge in [0, 0.05) is 20.1 Å². The average Bonchev–Trinajstić information content (AvgIpc) is 3.02. The summed E-state index contributed by atoms with van der Waals surface area (Å²) in [7, 11) is 0. The number of carbonyl (C=O) groups is 1. The van der Waals surface area contributed by atoms with Crippen molar-refractivity contribution in [2.45, 2.75) is 6.54 Å². The van der Waals surface area contributed by atoms with Crippen molar-refractivity contribution in [3.05, 3.63) is 42.7 Å². The van der Waals surface area contributed by atoms with Gasteiger partial charge in [-0.25, -0.2) is 0 Å². The first-order valence-electron chi connectivity index (χ1n) is 5.47. The molecule has 2 heterocycles. The van der Waals surface area contributed by atoms with Crippen molar-refractivity contribution < 1.29 is 4.79 Å². The number of thiophene rings is 2. The van der Waals surface area contributed by atoms with Gasteiger partial charge in [0.25, 0.3) is 5.91 Å². The maximum absolute atomic E-state index is 11.9. The minimum Gasteiger partial charge on any atom is -0.347 e. The van der Waals surface area contributed by atoms with Crippen molar-refractivity contribution in [3.63, 3.8) is 0 Å².